The van der Waals surface area contributed by atoms with Gasteiger partial charge >= 0.3 is 12.0 Å². The molecule has 0 bridgehead atoms. The Kier molecular flexibility index (Phi) is 5.14. The predicted molar refractivity (Wildman–Crippen MR) is 68.7 cm³/mol. The van der Waals surface area contributed by atoms with Crippen molar-refractivity contribution >= 4 is 17.9 Å². The number of rotatable bonds is 3. The monoisotopic (exact) mass is 271 g/mol. The number of carbonyl (C=O) groups is 3. The number of nitrogens with zero attached hydrogens (tertiary/aromatic N) is 3. The zero-order chi connectivity index (χ0) is 14.6. The fraction of sp³-hybridized carbons (Fsp3) is 0.750. The van der Waals surface area contributed by atoms with Crippen LogP contribution in [0.25, 0.3) is 0 Å². The van der Waals surface area contributed by atoms with Gasteiger partial charge in [-0.15, -0.1) is 0 Å². The van der Waals surface area contributed by atoms with Gasteiger partial charge in [-0.05, 0) is 12.8 Å². The zero-order valence-corrected chi connectivity index (χ0v) is 11.6. The Hall–Kier alpha value is -1.79. The highest BCUT2D eigenvalue weighted by molar-refractivity contribution is 5.83. The molecule has 0 spiro atoms. The molecule has 1 rings (SSSR count). The molecule has 0 aromatic heterocycles. The van der Waals surface area contributed by atoms with Crippen LogP contribution in [0.4, 0.5) is 4.79 Å². The second-order valence-corrected chi connectivity index (χ2v) is 5.03. The maximum Gasteiger partial charge on any atom is 0.323 e. The van der Waals surface area contributed by atoms with Crippen LogP contribution in [0, 0.1) is 5.92 Å². The maximum atomic E-state index is 12.0. The number of carbonyl (C=O) groups excluding carboxylic acids is 2. The predicted octanol–water partition coefficient (Wildman–Crippen LogP) is -0.0770. The van der Waals surface area contributed by atoms with Crippen molar-refractivity contribution in [1.29, 1.82) is 0 Å². The molecule has 1 aliphatic rings. The Labute approximate surface area is 112 Å². The SMILES string of the molecule is CN(C)C(=O)N1CCC(C(=O)N(C)CC(=O)O)CC1. The highest BCUT2D eigenvalue weighted by atomic mass is 16.4. The van der Waals surface area contributed by atoms with Gasteiger partial charge in [0.15, 0.2) is 0 Å². The third-order valence-corrected chi connectivity index (χ3v) is 3.25. The van der Waals surface area contributed by atoms with Crippen LogP contribution in [-0.2, 0) is 9.59 Å². The van der Waals surface area contributed by atoms with Crippen LogP contribution >= 0.6 is 0 Å². The number of urea groups is 1. The minimum atomic E-state index is -1.02. The van der Waals surface area contributed by atoms with Crippen molar-refractivity contribution in [2.45, 2.75) is 12.8 Å². The highest BCUT2D eigenvalue weighted by Gasteiger charge is 2.29. The molecule has 1 heterocycles. The first kappa shape index (κ1) is 15.3. The van der Waals surface area contributed by atoms with Crippen molar-refractivity contribution in [1.82, 2.24) is 14.7 Å². The Morgan fingerprint density at radius 1 is 1.16 bits per heavy atom. The number of likely N-dealkylation sites (N-methyl/N-ethyl adjacent to an activating group) is 1. The molecule has 19 heavy (non-hydrogen) atoms. The molecule has 0 aromatic carbocycles. The molecule has 1 fully saturated rings. The van der Waals surface area contributed by atoms with E-state index in [0.717, 1.165) is 0 Å². The molecule has 7 nitrogen and oxygen atoms in total. The van der Waals surface area contributed by atoms with E-state index in [0.29, 0.717) is 25.9 Å². The molecule has 1 saturated heterocycles. The van der Waals surface area contributed by atoms with Gasteiger partial charge in [-0.1, -0.05) is 0 Å². The van der Waals surface area contributed by atoms with Crippen molar-refractivity contribution in [2.75, 3.05) is 40.8 Å². The number of aliphatic carboxylic acids is 1. The molecular weight excluding hydrogens is 250 g/mol. The topological polar surface area (TPSA) is 81.2 Å². The van der Waals surface area contributed by atoms with Gasteiger partial charge in [0.05, 0.1) is 0 Å². The van der Waals surface area contributed by atoms with E-state index in [1.165, 1.54) is 16.8 Å². The standard InChI is InChI=1S/C12H21N3O4/c1-13(2)12(19)15-6-4-9(5-7-15)11(18)14(3)8-10(16)17/h9H,4-8H2,1-3H3,(H,16,17). The van der Waals surface area contributed by atoms with Gasteiger partial charge in [-0.3, -0.25) is 9.59 Å². The van der Waals surface area contributed by atoms with Gasteiger partial charge in [0.25, 0.3) is 0 Å². The Balaban J connectivity index is 2.47. The van der Waals surface area contributed by atoms with Gasteiger partial charge in [0.1, 0.15) is 6.54 Å². The molecule has 0 atom stereocenters. The van der Waals surface area contributed by atoms with E-state index < -0.39 is 5.97 Å². The molecule has 0 unspecified atom stereocenters. The fourth-order valence-electron chi connectivity index (χ4n) is 2.19. The van der Waals surface area contributed by atoms with E-state index in [9.17, 15) is 14.4 Å². The Morgan fingerprint density at radius 2 is 1.68 bits per heavy atom. The summed E-state index contributed by atoms with van der Waals surface area (Å²) in [6, 6.07) is -0.0511. The molecule has 0 saturated carbocycles. The lowest BCUT2D eigenvalue weighted by molar-refractivity contribution is -0.145. The second kappa shape index (κ2) is 6.40. The zero-order valence-electron chi connectivity index (χ0n) is 11.6. The fourth-order valence-corrected chi connectivity index (χ4v) is 2.19. The molecule has 0 aliphatic carbocycles. The summed E-state index contributed by atoms with van der Waals surface area (Å²) < 4.78 is 0. The summed E-state index contributed by atoms with van der Waals surface area (Å²) in [5.74, 6) is -1.36. The second-order valence-electron chi connectivity index (χ2n) is 5.03. The summed E-state index contributed by atoms with van der Waals surface area (Å²) in [7, 11) is 4.88. The highest BCUT2D eigenvalue weighted by Crippen LogP contribution is 2.19. The number of likely N-dealkylation sites (tertiary alicyclic amines) is 1. The largest absolute Gasteiger partial charge is 0.480 e. The number of hydrogen-bond donors (Lipinski definition) is 1. The van der Waals surface area contributed by atoms with Crippen LogP contribution in [0.3, 0.4) is 0 Å². The van der Waals surface area contributed by atoms with Crippen LogP contribution in [0.15, 0.2) is 0 Å². The van der Waals surface area contributed by atoms with E-state index in [2.05, 4.69) is 0 Å². The van der Waals surface area contributed by atoms with Crippen LogP contribution in [0.5, 0.6) is 0 Å². The first-order chi connectivity index (χ1) is 8.82. The third-order valence-electron chi connectivity index (χ3n) is 3.25. The van der Waals surface area contributed by atoms with Crippen LogP contribution in [-0.4, -0.2) is 78.5 Å². The minimum Gasteiger partial charge on any atom is -0.480 e. The number of carboxylic acid groups (broad SMARTS) is 1. The molecule has 7 heteroatoms. The first-order valence-corrected chi connectivity index (χ1v) is 6.26. The van der Waals surface area contributed by atoms with E-state index >= 15 is 0 Å². The minimum absolute atomic E-state index is 0.0511. The number of amides is 3. The molecule has 1 N–H and O–H groups in total. The summed E-state index contributed by atoms with van der Waals surface area (Å²) >= 11 is 0. The lowest BCUT2D eigenvalue weighted by Crippen LogP contribution is -2.47. The van der Waals surface area contributed by atoms with Crippen LogP contribution in [0.1, 0.15) is 12.8 Å². The molecule has 1 aliphatic heterocycles. The van der Waals surface area contributed by atoms with E-state index in [1.54, 1.807) is 19.0 Å². The summed E-state index contributed by atoms with van der Waals surface area (Å²) in [4.78, 5) is 38.7. The van der Waals surface area contributed by atoms with Crippen molar-refractivity contribution in [2.24, 2.45) is 5.92 Å². The van der Waals surface area contributed by atoms with Crippen molar-refractivity contribution < 1.29 is 19.5 Å². The quantitative estimate of drug-likeness (QED) is 0.778. The summed E-state index contributed by atoms with van der Waals surface area (Å²) in [5.41, 5.74) is 0. The van der Waals surface area contributed by atoms with Gasteiger partial charge in [-0.2, -0.15) is 0 Å². The summed E-state index contributed by atoms with van der Waals surface area (Å²) in [5, 5.41) is 8.65. The molecule has 0 radical (unpaired) electrons. The Bertz CT molecular complexity index is 362. The van der Waals surface area contributed by atoms with Crippen molar-refractivity contribution in [3.8, 4) is 0 Å². The van der Waals surface area contributed by atoms with E-state index in [-0.39, 0.29) is 24.4 Å². The lowest BCUT2D eigenvalue weighted by atomic mass is 9.95. The average Bonchev–Trinajstić information content (AvgIpc) is 2.36. The lowest BCUT2D eigenvalue weighted by Gasteiger charge is -2.34. The van der Waals surface area contributed by atoms with Crippen molar-refractivity contribution in [3.05, 3.63) is 0 Å². The third kappa shape index (κ3) is 4.11. The molecule has 3 amide bonds. The number of carboxylic acids is 1. The Morgan fingerprint density at radius 3 is 2.11 bits per heavy atom. The van der Waals surface area contributed by atoms with E-state index in [1.807, 2.05) is 0 Å². The van der Waals surface area contributed by atoms with Gasteiger partial charge < -0.3 is 19.8 Å². The number of hydrogen-bond acceptors (Lipinski definition) is 3. The summed E-state index contributed by atoms with van der Waals surface area (Å²) in [6.45, 7) is 0.790. The maximum absolute atomic E-state index is 12.0. The molecule has 0 aromatic rings. The normalized spacial score (nSPS) is 16.1. The molecule has 108 valence electrons. The van der Waals surface area contributed by atoms with Gasteiger partial charge in [-0.25, -0.2) is 4.79 Å². The first-order valence-electron chi connectivity index (χ1n) is 6.26. The van der Waals surface area contributed by atoms with Gasteiger partial charge in [0.2, 0.25) is 5.91 Å². The van der Waals surface area contributed by atoms with Gasteiger partial charge in [0, 0.05) is 40.2 Å². The number of piperidine rings is 1. The molecular formula is C12H21N3O4. The van der Waals surface area contributed by atoms with Crippen LogP contribution < -0.4 is 0 Å². The average molecular weight is 271 g/mol. The van der Waals surface area contributed by atoms with Crippen molar-refractivity contribution in [3.63, 3.8) is 0 Å². The van der Waals surface area contributed by atoms with E-state index in [4.69, 9.17) is 5.11 Å². The van der Waals surface area contributed by atoms with Crippen LogP contribution in [0.2, 0.25) is 0 Å². The smallest absolute Gasteiger partial charge is 0.323 e. The summed E-state index contributed by atoms with van der Waals surface area (Å²) in [6.07, 6.45) is 1.17.